The molecule has 3 aliphatic rings. The predicted octanol–water partition coefficient (Wildman–Crippen LogP) is 6.36. The standard InChI is InChI=1S/C17H22N2.C14H16F2N2/c1-18(2)14-9-13-7-4-8-15-16(12-5-3-6-12)11-19(10-14)17(13)15;1-8-12(17(2)3)7-9-6-11(15)13(16)10-4-5-18(8)14(9)10/h4,7-8,11-12,14H,3,5-6,9-10H2,1-2H3;4-6,8,12H,7H2,1-3H3. The summed E-state index contributed by atoms with van der Waals surface area (Å²) < 4.78 is 31.9. The highest BCUT2D eigenvalue weighted by atomic mass is 19.2. The number of nitrogens with zero attached hydrogens (tertiary/aromatic N) is 4. The number of para-hydroxylation sites is 1. The number of likely N-dealkylation sites (N-methyl/N-ethyl adjacent to an activating group) is 2. The van der Waals surface area contributed by atoms with Crippen molar-refractivity contribution in [2.24, 2.45) is 0 Å². The molecular formula is C31H38F2N4. The molecule has 1 saturated carbocycles. The summed E-state index contributed by atoms with van der Waals surface area (Å²) >= 11 is 0. The van der Waals surface area contributed by atoms with Crippen LogP contribution in [0, 0.1) is 11.6 Å². The summed E-state index contributed by atoms with van der Waals surface area (Å²) in [4.78, 5) is 4.51. The summed E-state index contributed by atoms with van der Waals surface area (Å²) in [7, 11) is 8.44. The van der Waals surface area contributed by atoms with E-state index in [4.69, 9.17) is 0 Å². The molecule has 0 radical (unpaired) electrons. The Bertz CT molecular complexity index is 1460. The Morgan fingerprint density at radius 3 is 2.35 bits per heavy atom. The molecule has 3 unspecified atom stereocenters. The minimum Gasteiger partial charge on any atom is -0.345 e. The number of hydrogen-bond donors (Lipinski definition) is 0. The van der Waals surface area contributed by atoms with Crippen LogP contribution in [0.3, 0.4) is 0 Å². The molecule has 3 atom stereocenters. The van der Waals surface area contributed by atoms with Crippen LogP contribution in [-0.4, -0.2) is 59.2 Å². The highest BCUT2D eigenvalue weighted by Crippen LogP contribution is 2.42. The van der Waals surface area contributed by atoms with Gasteiger partial charge in [0.15, 0.2) is 11.6 Å². The number of benzene rings is 2. The Morgan fingerprint density at radius 2 is 1.68 bits per heavy atom. The second-order valence-corrected chi connectivity index (χ2v) is 11.8. The fourth-order valence-corrected chi connectivity index (χ4v) is 6.78. The van der Waals surface area contributed by atoms with E-state index in [-0.39, 0.29) is 6.04 Å². The lowest BCUT2D eigenvalue weighted by Gasteiger charge is -2.36. The van der Waals surface area contributed by atoms with E-state index in [1.807, 2.05) is 20.3 Å². The van der Waals surface area contributed by atoms with Gasteiger partial charge in [-0.05, 0) is 95.5 Å². The molecule has 0 amide bonds. The fourth-order valence-electron chi connectivity index (χ4n) is 6.78. The van der Waals surface area contributed by atoms with Gasteiger partial charge in [0.25, 0.3) is 0 Å². The van der Waals surface area contributed by atoms with Crippen LogP contribution in [0.4, 0.5) is 8.78 Å². The van der Waals surface area contributed by atoms with Crippen LogP contribution in [0.2, 0.25) is 0 Å². The second kappa shape index (κ2) is 9.25. The Morgan fingerprint density at radius 1 is 0.892 bits per heavy atom. The van der Waals surface area contributed by atoms with Crippen LogP contribution in [0.5, 0.6) is 0 Å². The maximum absolute atomic E-state index is 13.7. The van der Waals surface area contributed by atoms with Gasteiger partial charge in [-0.2, -0.15) is 0 Å². The molecule has 4 nitrogen and oxygen atoms in total. The Kier molecular flexibility index (Phi) is 6.15. The minimum absolute atomic E-state index is 0.259. The quantitative estimate of drug-likeness (QED) is 0.323. The van der Waals surface area contributed by atoms with Crippen LogP contribution in [-0.2, 0) is 19.4 Å². The molecule has 4 heterocycles. The molecule has 1 fully saturated rings. The topological polar surface area (TPSA) is 16.3 Å². The maximum Gasteiger partial charge on any atom is 0.168 e. The molecule has 6 heteroatoms. The summed E-state index contributed by atoms with van der Waals surface area (Å²) in [6.07, 6.45) is 10.5. The molecule has 0 bridgehead atoms. The third-order valence-corrected chi connectivity index (χ3v) is 9.21. The zero-order valence-corrected chi connectivity index (χ0v) is 22.6. The van der Waals surface area contributed by atoms with Crippen molar-refractivity contribution in [2.45, 2.75) is 69.6 Å². The Labute approximate surface area is 218 Å². The molecule has 0 N–H and O–H groups in total. The van der Waals surface area contributed by atoms with Crippen molar-refractivity contribution < 1.29 is 8.78 Å². The van der Waals surface area contributed by atoms with Gasteiger partial charge in [0.1, 0.15) is 0 Å². The number of aromatic nitrogens is 2. The zero-order chi connectivity index (χ0) is 26.0. The van der Waals surface area contributed by atoms with E-state index in [9.17, 15) is 8.78 Å². The number of halogens is 2. The zero-order valence-electron chi connectivity index (χ0n) is 22.6. The fraction of sp³-hybridized carbons (Fsp3) is 0.484. The third-order valence-electron chi connectivity index (χ3n) is 9.21. The number of hydrogen-bond acceptors (Lipinski definition) is 2. The van der Waals surface area contributed by atoms with Gasteiger partial charge in [-0.15, -0.1) is 0 Å². The van der Waals surface area contributed by atoms with Gasteiger partial charge >= 0.3 is 0 Å². The van der Waals surface area contributed by atoms with E-state index >= 15 is 0 Å². The first-order valence-electron chi connectivity index (χ1n) is 13.7. The monoisotopic (exact) mass is 504 g/mol. The van der Waals surface area contributed by atoms with Crippen molar-refractivity contribution in [2.75, 3.05) is 28.2 Å². The van der Waals surface area contributed by atoms with Crippen LogP contribution in [0.25, 0.3) is 21.8 Å². The van der Waals surface area contributed by atoms with E-state index in [1.54, 1.807) is 11.6 Å². The molecule has 4 aromatic rings. The van der Waals surface area contributed by atoms with Gasteiger partial charge in [0, 0.05) is 47.8 Å². The van der Waals surface area contributed by atoms with Crippen molar-refractivity contribution >= 4 is 21.8 Å². The SMILES string of the molecule is CC1C(N(C)C)Cc2cc(F)c(F)c3ccn1c23.CN(C)C1Cc2cccc3c(C4CCC4)cn(c23)C1. The first kappa shape index (κ1) is 24.6. The maximum atomic E-state index is 13.7. The highest BCUT2D eigenvalue weighted by Gasteiger charge is 2.31. The molecule has 7 rings (SSSR count). The lowest BCUT2D eigenvalue weighted by atomic mass is 9.80. The van der Waals surface area contributed by atoms with E-state index < -0.39 is 11.6 Å². The van der Waals surface area contributed by atoms with Crippen LogP contribution in [0.1, 0.15) is 54.8 Å². The van der Waals surface area contributed by atoms with Crippen LogP contribution < -0.4 is 0 Å². The molecule has 196 valence electrons. The average Bonchev–Trinajstić information content (AvgIpc) is 3.43. The third kappa shape index (κ3) is 4.00. The first-order chi connectivity index (χ1) is 17.7. The summed E-state index contributed by atoms with van der Waals surface area (Å²) in [6, 6.07) is 11.1. The predicted molar refractivity (Wildman–Crippen MR) is 147 cm³/mol. The minimum atomic E-state index is -0.748. The number of rotatable bonds is 3. The Hall–Kier alpha value is -2.70. The first-order valence-corrected chi connectivity index (χ1v) is 13.7. The van der Waals surface area contributed by atoms with Gasteiger partial charge in [-0.25, -0.2) is 8.78 Å². The van der Waals surface area contributed by atoms with Gasteiger partial charge in [-0.3, -0.25) is 0 Å². The van der Waals surface area contributed by atoms with Gasteiger partial charge in [0.2, 0.25) is 0 Å². The average molecular weight is 505 g/mol. The van der Waals surface area contributed by atoms with Crippen molar-refractivity contribution in [3.05, 3.63) is 71.1 Å². The molecule has 1 aliphatic carbocycles. The molecule has 2 aliphatic heterocycles. The van der Waals surface area contributed by atoms with E-state index in [1.165, 1.54) is 48.2 Å². The summed E-state index contributed by atoms with van der Waals surface area (Å²) in [6.45, 7) is 3.27. The summed E-state index contributed by atoms with van der Waals surface area (Å²) in [5.74, 6) is -0.653. The van der Waals surface area contributed by atoms with Crippen LogP contribution >= 0.6 is 0 Å². The van der Waals surface area contributed by atoms with Crippen molar-refractivity contribution in [3.63, 3.8) is 0 Å². The second-order valence-electron chi connectivity index (χ2n) is 11.8. The van der Waals surface area contributed by atoms with Gasteiger partial charge in [-0.1, -0.05) is 24.6 Å². The van der Waals surface area contributed by atoms with Crippen molar-refractivity contribution in [3.8, 4) is 0 Å². The molecule has 2 aromatic carbocycles. The smallest absolute Gasteiger partial charge is 0.168 e. The largest absolute Gasteiger partial charge is 0.345 e. The summed E-state index contributed by atoms with van der Waals surface area (Å²) in [5, 5.41) is 1.92. The van der Waals surface area contributed by atoms with Crippen molar-refractivity contribution in [1.82, 2.24) is 18.9 Å². The molecule has 0 spiro atoms. The van der Waals surface area contributed by atoms with Crippen LogP contribution in [0.15, 0.2) is 42.7 Å². The summed E-state index contributed by atoms with van der Waals surface area (Å²) in [5.41, 5.74) is 6.41. The normalized spacial score (nSPS) is 23.0. The highest BCUT2D eigenvalue weighted by molar-refractivity contribution is 5.88. The lowest BCUT2D eigenvalue weighted by Crippen LogP contribution is -2.39. The lowest BCUT2D eigenvalue weighted by molar-refractivity contribution is 0.216. The van der Waals surface area contributed by atoms with Gasteiger partial charge in [0.05, 0.1) is 11.0 Å². The van der Waals surface area contributed by atoms with E-state index in [0.29, 0.717) is 17.5 Å². The molecule has 37 heavy (non-hydrogen) atoms. The van der Waals surface area contributed by atoms with E-state index in [2.05, 4.69) is 64.3 Å². The molecular weight excluding hydrogens is 466 g/mol. The molecule has 2 aromatic heterocycles. The Balaban J connectivity index is 0.000000136. The van der Waals surface area contributed by atoms with E-state index in [0.717, 1.165) is 30.0 Å². The van der Waals surface area contributed by atoms with Crippen molar-refractivity contribution in [1.29, 1.82) is 0 Å². The molecule has 0 saturated heterocycles. The van der Waals surface area contributed by atoms with Gasteiger partial charge < -0.3 is 18.9 Å².